The Bertz CT molecular complexity index is 716. The van der Waals surface area contributed by atoms with E-state index in [-0.39, 0.29) is 12.7 Å². The Morgan fingerprint density at radius 1 is 1.00 bits per heavy atom. The van der Waals surface area contributed by atoms with Gasteiger partial charge in [-0.3, -0.25) is 0 Å². The van der Waals surface area contributed by atoms with Crippen molar-refractivity contribution in [3.05, 3.63) is 69.3 Å². The molecule has 2 rings (SSSR count). The van der Waals surface area contributed by atoms with Crippen molar-refractivity contribution < 1.29 is 19.1 Å². The lowest BCUT2D eigenvalue weighted by atomic mass is 10.1. The van der Waals surface area contributed by atoms with Crippen LogP contribution in [0, 0.1) is 3.57 Å². The second kappa shape index (κ2) is 10.2. The summed E-state index contributed by atoms with van der Waals surface area (Å²) >= 11 is 2.21. The molecule has 0 aliphatic rings. The number of carbonyl (C=O) groups excluding carboxylic acids is 2. The third-order valence-electron chi connectivity index (χ3n) is 3.49. The molecule has 1 unspecified atom stereocenters. The second-order valence-electron chi connectivity index (χ2n) is 6.07. The van der Waals surface area contributed by atoms with Crippen molar-refractivity contribution >= 4 is 34.7 Å². The largest absolute Gasteiger partial charge is 0.461 e. The number of rotatable bonds is 7. The van der Waals surface area contributed by atoms with E-state index in [1.54, 1.807) is 13.8 Å². The molecule has 0 aliphatic heterocycles. The Morgan fingerprint density at radius 2 is 1.65 bits per heavy atom. The van der Waals surface area contributed by atoms with Gasteiger partial charge in [0.1, 0.15) is 12.6 Å². The summed E-state index contributed by atoms with van der Waals surface area (Å²) in [5, 5.41) is 2.62. The molecule has 0 saturated heterocycles. The highest BCUT2D eigenvalue weighted by Gasteiger charge is 2.24. The maximum absolute atomic E-state index is 12.3. The number of esters is 1. The van der Waals surface area contributed by atoms with Crippen LogP contribution in [0.3, 0.4) is 0 Å². The summed E-state index contributed by atoms with van der Waals surface area (Å²) in [5.41, 5.74) is 1.81. The number of halogens is 1. The summed E-state index contributed by atoms with van der Waals surface area (Å²) in [6.45, 7) is 3.68. The monoisotopic (exact) mass is 467 g/mol. The normalized spacial score (nSPS) is 11.7. The molecule has 5 nitrogen and oxygen atoms in total. The van der Waals surface area contributed by atoms with Crippen LogP contribution in [0.2, 0.25) is 0 Å². The summed E-state index contributed by atoms with van der Waals surface area (Å²) in [6, 6.07) is 16.3. The number of hydrogen-bond acceptors (Lipinski definition) is 4. The minimum atomic E-state index is -0.805. The number of nitrogens with one attached hydrogen (secondary N) is 1. The Labute approximate surface area is 167 Å². The number of benzene rings is 2. The van der Waals surface area contributed by atoms with E-state index >= 15 is 0 Å². The van der Waals surface area contributed by atoms with Crippen molar-refractivity contribution in [2.24, 2.45) is 0 Å². The lowest BCUT2D eigenvalue weighted by molar-refractivity contribution is -0.149. The van der Waals surface area contributed by atoms with Gasteiger partial charge in [0.25, 0.3) is 0 Å². The highest BCUT2D eigenvalue weighted by atomic mass is 127. The standard InChI is InChI=1S/C20H22INO4/c1-14(2)26-19(23)18(12-15-8-10-17(21)11-9-15)22-20(24)25-13-16-6-4-3-5-7-16/h3-11,14,18H,12-13H2,1-2H3,(H,22,24). The van der Waals surface area contributed by atoms with Crippen LogP contribution in [0.5, 0.6) is 0 Å². The average molecular weight is 467 g/mol. The Hall–Kier alpha value is -2.09. The lowest BCUT2D eigenvalue weighted by Crippen LogP contribution is -2.44. The summed E-state index contributed by atoms with van der Waals surface area (Å²) in [5.74, 6) is -0.477. The van der Waals surface area contributed by atoms with Gasteiger partial charge in [0.05, 0.1) is 6.10 Å². The van der Waals surface area contributed by atoms with Crippen LogP contribution in [0.1, 0.15) is 25.0 Å². The van der Waals surface area contributed by atoms with Crippen molar-refractivity contribution in [1.82, 2.24) is 5.32 Å². The van der Waals surface area contributed by atoms with Crippen LogP contribution in [-0.4, -0.2) is 24.2 Å². The number of amides is 1. The molecule has 1 N–H and O–H groups in total. The molecule has 0 aromatic heterocycles. The number of hydrogen-bond donors (Lipinski definition) is 1. The van der Waals surface area contributed by atoms with Gasteiger partial charge in [-0.1, -0.05) is 42.5 Å². The zero-order valence-electron chi connectivity index (χ0n) is 14.8. The fourth-order valence-electron chi connectivity index (χ4n) is 2.27. The molecule has 2 aromatic carbocycles. The van der Waals surface area contributed by atoms with E-state index in [4.69, 9.17) is 9.47 Å². The van der Waals surface area contributed by atoms with E-state index in [2.05, 4.69) is 27.9 Å². The molecule has 1 amide bonds. The minimum Gasteiger partial charge on any atom is -0.461 e. The molecular formula is C20H22INO4. The van der Waals surface area contributed by atoms with Gasteiger partial charge in [0, 0.05) is 9.99 Å². The van der Waals surface area contributed by atoms with Crippen LogP contribution in [0.25, 0.3) is 0 Å². The first-order chi connectivity index (χ1) is 12.4. The Kier molecular flexibility index (Phi) is 7.90. The van der Waals surface area contributed by atoms with Crippen molar-refractivity contribution in [2.75, 3.05) is 0 Å². The molecule has 6 heteroatoms. The summed E-state index contributed by atoms with van der Waals surface area (Å²) in [4.78, 5) is 24.5. The predicted octanol–water partition coefficient (Wildman–Crippen LogP) is 4.08. The Balaban J connectivity index is 1.99. The van der Waals surface area contributed by atoms with Gasteiger partial charge < -0.3 is 14.8 Å². The number of alkyl carbamates (subject to hydrolysis) is 1. The maximum Gasteiger partial charge on any atom is 0.408 e. The van der Waals surface area contributed by atoms with Gasteiger partial charge in [-0.2, -0.15) is 0 Å². The predicted molar refractivity (Wildman–Crippen MR) is 108 cm³/mol. The van der Waals surface area contributed by atoms with Gasteiger partial charge in [-0.15, -0.1) is 0 Å². The summed E-state index contributed by atoms with van der Waals surface area (Å²) in [7, 11) is 0. The van der Waals surface area contributed by atoms with Crippen LogP contribution >= 0.6 is 22.6 Å². The average Bonchev–Trinajstić information content (AvgIpc) is 2.61. The third kappa shape index (κ3) is 7.03. The van der Waals surface area contributed by atoms with E-state index in [9.17, 15) is 9.59 Å². The quantitative estimate of drug-likeness (QED) is 0.493. The molecule has 0 fully saturated rings. The molecular weight excluding hydrogens is 445 g/mol. The van der Waals surface area contributed by atoms with Crippen molar-refractivity contribution in [1.29, 1.82) is 0 Å². The van der Waals surface area contributed by atoms with Gasteiger partial charge >= 0.3 is 12.1 Å². The van der Waals surface area contributed by atoms with Crippen molar-refractivity contribution in [3.63, 3.8) is 0 Å². The Morgan fingerprint density at radius 3 is 2.27 bits per heavy atom. The van der Waals surface area contributed by atoms with Gasteiger partial charge in [0.15, 0.2) is 0 Å². The zero-order valence-corrected chi connectivity index (χ0v) is 16.9. The van der Waals surface area contributed by atoms with Crippen molar-refractivity contribution in [3.8, 4) is 0 Å². The van der Waals surface area contributed by atoms with E-state index in [1.807, 2.05) is 54.6 Å². The third-order valence-corrected chi connectivity index (χ3v) is 4.21. The van der Waals surface area contributed by atoms with Crippen LogP contribution < -0.4 is 5.32 Å². The molecule has 0 spiro atoms. The lowest BCUT2D eigenvalue weighted by Gasteiger charge is -2.19. The number of ether oxygens (including phenoxy) is 2. The zero-order chi connectivity index (χ0) is 18.9. The molecule has 0 radical (unpaired) electrons. The highest BCUT2D eigenvalue weighted by Crippen LogP contribution is 2.11. The fourth-order valence-corrected chi connectivity index (χ4v) is 2.63. The van der Waals surface area contributed by atoms with E-state index in [1.165, 1.54) is 0 Å². The van der Waals surface area contributed by atoms with Gasteiger partial charge in [-0.05, 0) is 59.7 Å². The van der Waals surface area contributed by atoms with Crippen molar-refractivity contribution in [2.45, 2.75) is 39.0 Å². The summed E-state index contributed by atoms with van der Waals surface area (Å²) in [6.07, 6.45) is -0.572. The molecule has 0 saturated carbocycles. The SMILES string of the molecule is CC(C)OC(=O)C(Cc1ccc(I)cc1)NC(=O)OCc1ccccc1. The molecule has 0 aliphatic carbocycles. The van der Waals surface area contributed by atoms with Crippen LogP contribution in [0.4, 0.5) is 4.79 Å². The number of carbonyl (C=O) groups is 2. The molecule has 26 heavy (non-hydrogen) atoms. The summed E-state index contributed by atoms with van der Waals surface area (Å²) < 4.78 is 11.6. The molecule has 2 aromatic rings. The smallest absolute Gasteiger partial charge is 0.408 e. The second-order valence-corrected chi connectivity index (χ2v) is 7.32. The van der Waals surface area contributed by atoms with E-state index in [0.717, 1.165) is 14.7 Å². The first-order valence-electron chi connectivity index (χ1n) is 8.36. The first-order valence-corrected chi connectivity index (χ1v) is 9.44. The molecule has 0 heterocycles. The van der Waals surface area contributed by atoms with Gasteiger partial charge in [0.2, 0.25) is 0 Å². The highest BCUT2D eigenvalue weighted by molar-refractivity contribution is 14.1. The minimum absolute atomic E-state index is 0.141. The molecule has 138 valence electrons. The van der Waals surface area contributed by atoms with Gasteiger partial charge in [-0.25, -0.2) is 9.59 Å². The van der Waals surface area contributed by atoms with E-state index in [0.29, 0.717) is 6.42 Å². The van der Waals surface area contributed by atoms with Crippen LogP contribution in [-0.2, 0) is 27.3 Å². The molecule has 1 atom stereocenters. The maximum atomic E-state index is 12.3. The first kappa shape index (κ1) is 20.2. The molecule has 0 bridgehead atoms. The van der Waals surface area contributed by atoms with E-state index < -0.39 is 18.1 Å². The fraction of sp³-hybridized carbons (Fsp3) is 0.300. The topological polar surface area (TPSA) is 64.6 Å². The van der Waals surface area contributed by atoms with Crippen LogP contribution in [0.15, 0.2) is 54.6 Å².